The van der Waals surface area contributed by atoms with Gasteiger partial charge in [-0.15, -0.1) is 0 Å². The van der Waals surface area contributed by atoms with Crippen LogP contribution in [0.3, 0.4) is 0 Å². The number of hydrogen-bond donors (Lipinski definition) is 1. The van der Waals surface area contributed by atoms with Crippen LogP contribution in [-0.2, 0) is 6.54 Å². The van der Waals surface area contributed by atoms with Gasteiger partial charge in [0.05, 0.1) is 23.0 Å². The zero-order chi connectivity index (χ0) is 14.3. The molecule has 0 bridgehead atoms. The Hall–Kier alpha value is -1.05. The molecule has 1 atom stereocenters. The predicted octanol–water partition coefficient (Wildman–Crippen LogP) is 3.30. The second kappa shape index (κ2) is 7.52. The molecule has 0 amide bonds. The summed E-state index contributed by atoms with van der Waals surface area (Å²) in [6.45, 7) is 7.79. The van der Waals surface area contributed by atoms with Crippen LogP contribution in [-0.4, -0.2) is 21.9 Å². The Labute approximate surface area is 120 Å². The molecule has 0 spiro atoms. The first-order chi connectivity index (χ1) is 9.02. The first-order valence-electron chi connectivity index (χ1n) is 6.86. The molecule has 1 rings (SSSR count). The van der Waals surface area contributed by atoms with E-state index in [4.69, 9.17) is 11.6 Å². The summed E-state index contributed by atoms with van der Waals surface area (Å²) in [6.07, 6.45) is 5.58. The number of nitriles is 1. The van der Waals surface area contributed by atoms with Gasteiger partial charge in [0, 0.05) is 6.54 Å². The third-order valence-electron chi connectivity index (χ3n) is 3.35. The second-order valence-corrected chi connectivity index (χ2v) is 5.54. The molecule has 0 aromatic carbocycles. The van der Waals surface area contributed by atoms with Crippen LogP contribution in [0.15, 0.2) is 6.20 Å². The monoisotopic (exact) mass is 282 g/mol. The van der Waals surface area contributed by atoms with E-state index >= 15 is 0 Å². The van der Waals surface area contributed by atoms with E-state index < -0.39 is 5.54 Å². The van der Waals surface area contributed by atoms with Crippen LogP contribution < -0.4 is 5.32 Å². The highest BCUT2D eigenvalue weighted by Crippen LogP contribution is 2.16. The number of nitrogens with zero attached hydrogens (tertiary/aromatic N) is 3. The molecule has 1 heterocycles. The largest absolute Gasteiger partial charge is 0.300 e. The average Bonchev–Trinajstić information content (AvgIpc) is 2.73. The molecule has 19 heavy (non-hydrogen) atoms. The molecule has 4 nitrogen and oxygen atoms in total. The Kier molecular flexibility index (Phi) is 6.33. The zero-order valence-electron chi connectivity index (χ0n) is 12.0. The van der Waals surface area contributed by atoms with Crippen molar-refractivity contribution in [2.75, 3.05) is 6.54 Å². The van der Waals surface area contributed by atoms with Crippen molar-refractivity contribution in [3.05, 3.63) is 16.9 Å². The molecule has 0 saturated carbocycles. The molecular weight excluding hydrogens is 260 g/mol. The Morgan fingerprint density at radius 1 is 1.53 bits per heavy atom. The van der Waals surface area contributed by atoms with Gasteiger partial charge in [-0.2, -0.15) is 10.4 Å². The van der Waals surface area contributed by atoms with Gasteiger partial charge in [-0.1, -0.05) is 18.5 Å². The van der Waals surface area contributed by atoms with Crippen molar-refractivity contribution < 1.29 is 0 Å². The van der Waals surface area contributed by atoms with Gasteiger partial charge in [-0.3, -0.25) is 10.00 Å². The molecule has 0 fully saturated rings. The molecule has 0 radical (unpaired) electrons. The van der Waals surface area contributed by atoms with Gasteiger partial charge in [-0.25, -0.2) is 0 Å². The van der Waals surface area contributed by atoms with Crippen molar-refractivity contribution >= 4 is 11.6 Å². The van der Waals surface area contributed by atoms with E-state index in [1.54, 1.807) is 6.20 Å². The number of hydrogen-bond acceptors (Lipinski definition) is 3. The van der Waals surface area contributed by atoms with Gasteiger partial charge in [-0.05, 0) is 46.1 Å². The summed E-state index contributed by atoms with van der Waals surface area (Å²) in [5, 5.41) is 17.5. The number of aryl methyl sites for hydroxylation is 1. The molecule has 0 aliphatic rings. The Morgan fingerprint density at radius 3 is 2.79 bits per heavy atom. The SMILES string of the molecule is CCCNC(C)(C#N)CCCCn1ncc(Cl)c1C. The highest BCUT2D eigenvalue weighted by atomic mass is 35.5. The molecular formula is C14H23ClN4. The van der Waals surface area contributed by atoms with Crippen LogP contribution in [0.1, 0.15) is 45.2 Å². The van der Waals surface area contributed by atoms with Gasteiger partial charge >= 0.3 is 0 Å². The Bertz CT molecular complexity index is 435. The fraction of sp³-hybridized carbons (Fsp3) is 0.714. The standard InChI is InChI=1S/C14H23ClN4/c1-4-8-17-14(3,11-16)7-5-6-9-19-12(2)13(15)10-18-19/h10,17H,4-9H2,1-3H3. The number of aromatic nitrogens is 2. The molecule has 1 N–H and O–H groups in total. The topological polar surface area (TPSA) is 53.6 Å². The Balaban J connectivity index is 2.33. The van der Waals surface area contributed by atoms with Crippen molar-refractivity contribution in [2.45, 2.75) is 58.5 Å². The molecule has 106 valence electrons. The molecule has 1 aromatic heterocycles. The van der Waals surface area contributed by atoms with Gasteiger partial charge in [0.1, 0.15) is 5.54 Å². The lowest BCUT2D eigenvalue weighted by Crippen LogP contribution is -2.41. The van der Waals surface area contributed by atoms with E-state index in [-0.39, 0.29) is 0 Å². The minimum atomic E-state index is -0.410. The maximum Gasteiger partial charge on any atom is 0.103 e. The van der Waals surface area contributed by atoms with Crippen LogP contribution in [0.5, 0.6) is 0 Å². The van der Waals surface area contributed by atoms with Crippen LogP contribution in [0.4, 0.5) is 0 Å². The summed E-state index contributed by atoms with van der Waals surface area (Å²) in [5.74, 6) is 0. The summed E-state index contributed by atoms with van der Waals surface area (Å²) >= 11 is 5.96. The van der Waals surface area contributed by atoms with E-state index in [2.05, 4.69) is 23.4 Å². The second-order valence-electron chi connectivity index (χ2n) is 5.13. The van der Waals surface area contributed by atoms with Crippen molar-refractivity contribution in [1.29, 1.82) is 5.26 Å². The number of unbranched alkanes of at least 4 members (excludes halogenated alkanes) is 1. The molecule has 1 unspecified atom stereocenters. The lowest BCUT2D eigenvalue weighted by atomic mass is 9.96. The smallest absolute Gasteiger partial charge is 0.103 e. The van der Waals surface area contributed by atoms with Crippen LogP contribution in [0.2, 0.25) is 5.02 Å². The van der Waals surface area contributed by atoms with E-state index in [9.17, 15) is 5.26 Å². The third-order valence-corrected chi connectivity index (χ3v) is 3.72. The van der Waals surface area contributed by atoms with Gasteiger partial charge in [0.15, 0.2) is 0 Å². The van der Waals surface area contributed by atoms with Crippen molar-refractivity contribution in [2.24, 2.45) is 0 Å². The van der Waals surface area contributed by atoms with Gasteiger partial charge in [0.25, 0.3) is 0 Å². The summed E-state index contributed by atoms with van der Waals surface area (Å²) in [4.78, 5) is 0. The maximum absolute atomic E-state index is 9.23. The lowest BCUT2D eigenvalue weighted by Gasteiger charge is -2.23. The number of nitrogens with one attached hydrogen (secondary N) is 1. The predicted molar refractivity (Wildman–Crippen MR) is 78.1 cm³/mol. The molecule has 0 aliphatic carbocycles. The highest BCUT2D eigenvalue weighted by molar-refractivity contribution is 6.31. The number of halogens is 1. The van der Waals surface area contributed by atoms with Crippen LogP contribution in [0, 0.1) is 18.3 Å². The summed E-state index contributed by atoms with van der Waals surface area (Å²) in [5.41, 5.74) is 0.598. The van der Waals surface area contributed by atoms with E-state index in [0.29, 0.717) is 5.02 Å². The van der Waals surface area contributed by atoms with Crippen LogP contribution >= 0.6 is 11.6 Å². The van der Waals surface area contributed by atoms with E-state index in [1.807, 2.05) is 18.5 Å². The summed E-state index contributed by atoms with van der Waals surface area (Å²) in [7, 11) is 0. The van der Waals surface area contributed by atoms with Crippen molar-refractivity contribution in [3.63, 3.8) is 0 Å². The van der Waals surface area contributed by atoms with Gasteiger partial charge in [0.2, 0.25) is 0 Å². The zero-order valence-corrected chi connectivity index (χ0v) is 12.8. The average molecular weight is 283 g/mol. The van der Waals surface area contributed by atoms with Gasteiger partial charge < -0.3 is 0 Å². The summed E-state index contributed by atoms with van der Waals surface area (Å²) < 4.78 is 1.92. The van der Waals surface area contributed by atoms with Crippen molar-refractivity contribution in [1.82, 2.24) is 15.1 Å². The highest BCUT2D eigenvalue weighted by Gasteiger charge is 2.21. The Morgan fingerprint density at radius 2 is 2.26 bits per heavy atom. The molecule has 1 aromatic rings. The fourth-order valence-corrected chi connectivity index (χ4v) is 2.12. The van der Waals surface area contributed by atoms with E-state index in [1.165, 1.54) is 0 Å². The first kappa shape index (κ1) is 16.0. The number of rotatable bonds is 8. The summed E-state index contributed by atoms with van der Waals surface area (Å²) in [6, 6.07) is 2.37. The van der Waals surface area contributed by atoms with E-state index in [0.717, 1.165) is 44.5 Å². The first-order valence-corrected chi connectivity index (χ1v) is 7.24. The minimum absolute atomic E-state index is 0.410. The maximum atomic E-state index is 9.23. The normalized spacial score (nSPS) is 14.1. The lowest BCUT2D eigenvalue weighted by molar-refractivity contribution is 0.392. The molecule has 0 aliphatic heterocycles. The van der Waals surface area contributed by atoms with Crippen LogP contribution in [0.25, 0.3) is 0 Å². The molecule has 5 heteroatoms. The quantitative estimate of drug-likeness (QED) is 0.744. The van der Waals surface area contributed by atoms with Crippen molar-refractivity contribution in [3.8, 4) is 6.07 Å². The fourth-order valence-electron chi connectivity index (χ4n) is 1.97. The molecule has 0 saturated heterocycles. The third kappa shape index (κ3) is 4.85. The minimum Gasteiger partial charge on any atom is -0.300 e.